The highest BCUT2D eigenvalue weighted by Gasteiger charge is 1.98. The second kappa shape index (κ2) is 4.82. The van der Waals surface area contributed by atoms with Crippen LogP contribution in [0.4, 0.5) is 5.69 Å². The van der Waals surface area contributed by atoms with Crippen molar-refractivity contribution >= 4 is 23.1 Å². The maximum Gasteiger partial charge on any atom is 0.154 e. The molecular formula is C11H12ClNO. The van der Waals surface area contributed by atoms with E-state index in [-0.39, 0.29) is 5.78 Å². The van der Waals surface area contributed by atoms with E-state index in [9.17, 15) is 4.79 Å². The molecule has 0 saturated carbocycles. The molecule has 1 N–H and O–H groups in total. The fraction of sp³-hybridized carbons (Fsp3) is 0.182. The molecule has 0 bridgehead atoms. The zero-order valence-electron chi connectivity index (χ0n) is 8.17. The molecule has 0 unspecified atom stereocenters. The number of nitrogens with one attached hydrogen (secondary N) is 1. The second-order valence-electron chi connectivity index (χ2n) is 3.04. The van der Waals surface area contributed by atoms with E-state index in [1.165, 1.54) is 13.0 Å². The van der Waals surface area contributed by atoms with Crippen LogP contribution in [0.25, 0.3) is 0 Å². The summed E-state index contributed by atoms with van der Waals surface area (Å²) in [6.07, 6.45) is 1.53. The first-order valence-corrected chi connectivity index (χ1v) is 4.68. The van der Waals surface area contributed by atoms with E-state index < -0.39 is 0 Å². The Labute approximate surface area is 88.6 Å². The van der Waals surface area contributed by atoms with Crippen LogP contribution in [0.5, 0.6) is 0 Å². The van der Waals surface area contributed by atoms with Crippen LogP contribution in [0.2, 0.25) is 5.02 Å². The highest BCUT2D eigenvalue weighted by Crippen LogP contribution is 2.21. The fourth-order valence-corrected chi connectivity index (χ4v) is 1.30. The minimum absolute atomic E-state index is 0.0158. The lowest BCUT2D eigenvalue weighted by atomic mass is 10.3. The molecule has 0 radical (unpaired) electrons. The van der Waals surface area contributed by atoms with E-state index in [0.29, 0.717) is 5.02 Å². The number of hydrogen-bond donors (Lipinski definition) is 1. The summed E-state index contributed by atoms with van der Waals surface area (Å²) in [4.78, 5) is 10.8. The number of hydrogen-bond acceptors (Lipinski definition) is 2. The molecule has 74 valence electrons. The maximum atomic E-state index is 10.8. The van der Waals surface area contributed by atoms with Gasteiger partial charge in [-0.1, -0.05) is 23.7 Å². The van der Waals surface area contributed by atoms with Crippen molar-refractivity contribution in [2.24, 2.45) is 0 Å². The summed E-state index contributed by atoms with van der Waals surface area (Å²) in [7, 11) is 0. The Kier molecular flexibility index (Phi) is 3.72. The van der Waals surface area contributed by atoms with Gasteiger partial charge < -0.3 is 5.32 Å². The summed E-state index contributed by atoms with van der Waals surface area (Å²) < 4.78 is 0. The molecule has 0 atom stereocenters. The molecule has 2 nitrogen and oxygen atoms in total. The monoisotopic (exact) mass is 209 g/mol. The molecule has 0 amide bonds. The number of carbonyl (C=O) groups excluding carboxylic acids is 1. The Morgan fingerprint density at radius 3 is 2.57 bits per heavy atom. The SMILES string of the molecule is CC(=O)/C=C(\C)Nc1ccccc1Cl. The predicted molar refractivity (Wildman–Crippen MR) is 59.5 cm³/mol. The second-order valence-corrected chi connectivity index (χ2v) is 3.45. The number of allylic oxidation sites excluding steroid dienone is 2. The van der Waals surface area contributed by atoms with E-state index in [2.05, 4.69) is 5.32 Å². The molecule has 0 saturated heterocycles. The molecule has 0 aromatic heterocycles. The molecule has 1 aromatic carbocycles. The van der Waals surface area contributed by atoms with Crippen LogP contribution >= 0.6 is 11.6 Å². The predicted octanol–water partition coefficient (Wildman–Crippen LogP) is 3.24. The minimum atomic E-state index is 0.0158. The van der Waals surface area contributed by atoms with Gasteiger partial charge in [-0.25, -0.2) is 0 Å². The summed E-state index contributed by atoms with van der Waals surface area (Å²) >= 11 is 5.93. The third-order valence-corrected chi connectivity index (χ3v) is 1.96. The Hall–Kier alpha value is -1.28. The van der Waals surface area contributed by atoms with Crippen LogP contribution in [-0.2, 0) is 4.79 Å². The lowest BCUT2D eigenvalue weighted by Crippen LogP contribution is -1.98. The van der Waals surface area contributed by atoms with Gasteiger partial charge in [-0.05, 0) is 32.1 Å². The summed E-state index contributed by atoms with van der Waals surface area (Å²) in [6.45, 7) is 3.34. The van der Waals surface area contributed by atoms with Gasteiger partial charge in [0.1, 0.15) is 0 Å². The average molecular weight is 210 g/mol. The van der Waals surface area contributed by atoms with Gasteiger partial charge in [0.05, 0.1) is 10.7 Å². The van der Waals surface area contributed by atoms with Crippen LogP contribution in [0, 0.1) is 0 Å². The lowest BCUT2D eigenvalue weighted by Gasteiger charge is -2.07. The largest absolute Gasteiger partial charge is 0.358 e. The van der Waals surface area contributed by atoms with Crippen LogP contribution in [-0.4, -0.2) is 5.78 Å². The summed E-state index contributed by atoms with van der Waals surface area (Å²) in [5.41, 5.74) is 1.59. The fourth-order valence-electron chi connectivity index (χ4n) is 1.12. The minimum Gasteiger partial charge on any atom is -0.358 e. The molecule has 0 aliphatic rings. The van der Waals surface area contributed by atoms with Crippen LogP contribution < -0.4 is 5.32 Å². The van der Waals surface area contributed by atoms with Gasteiger partial charge in [0.15, 0.2) is 5.78 Å². The number of anilines is 1. The zero-order valence-corrected chi connectivity index (χ0v) is 8.93. The van der Waals surface area contributed by atoms with Crippen molar-refractivity contribution in [1.82, 2.24) is 0 Å². The van der Waals surface area contributed by atoms with Gasteiger partial charge in [-0.3, -0.25) is 4.79 Å². The highest BCUT2D eigenvalue weighted by atomic mass is 35.5. The van der Waals surface area contributed by atoms with Crippen molar-refractivity contribution in [2.45, 2.75) is 13.8 Å². The Morgan fingerprint density at radius 1 is 1.36 bits per heavy atom. The van der Waals surface area contributed by atoms with Crippen molar-refractivity contribution in [3.05, 3.63) is 41.1 Å². The third kappa shape index (κ3) is 3.23. The van der Waals surface area contributed by atoms with Crippen molar-refractivity contribution in [3.63, 3.8) is 0 Å². The third-order valence-electron chi connectivity index (χ3n) is 1.63. The van der Waals surface area contributed by atoms with Crippen molar-refractivity contribution in [3.8, 4) is 0 Å². The molecule has 3 heteroatoms. The van der Waals surface area contributed by atoms with Crippen molar-refractivity contribution < 1.29 is 4.79 Å². The van der Waals surface area contributed by atoms with Crippen molar-refractivity contribution in [1.29, 1.82) is 0 Å². The molecule has 0 aliphatic heterocycles. The number of rotatable bonds is 3. The van der Waals surface area contributed by atoms with E-state index in [0.717, 1.165) is 11.4 Å². The van der Waals surface area contributed by atoms with Gasteiger partial charge in [0.2, 0.25) is 0 Å². The van der Waals surface area contributed by atoms with Gasteiger partial charge in [0.25, 0.3) is 0 Å². The van der Waals surface area contributed by atoms with E-state index in [1.54, 1.807) is 6.07 Å². The number of halogens is 1. The molecule has 0 aliphatic carbocycles. The number of carbonyl (C=O) groups is 1. The van der Waals surface area contributed by atoms with Crippen LogP contribution in [0.1, 0.15) is 13.8 Å². The molecule has 14 heavy (non-hydrogen) atoms. The first-order valence-electron chi connectivity index (χ1n) is 4.30. The quantitative estimate of drug-likeness (QED) is 0.775. The molecule has 1 aromatic rings. The lowest BCUT2D eigenvalue weighted by molar-refractivity contribution is -0.112. The zero-order chi connectivity index (χ0) is 10.6. The summed E-state index contributed by atoms with van der Waals surface area (Å²) in [5, 5.41) is 3.69. The smallest absolute Gasteiger partial charge is 0.154 e. The topological polar surface area (TPSA) is 29.1 Å². The van der Waals surface area contributed by atoms with E-state index in [4.69, 9.17) is 11.6 Å². The average Bonchev–Trinajstić information content (AvgIpc) is 2.07. The van der Waals surface area contributed by atoms with Crippen molar-refractivity contribution in [2.75, 3.05) is 5.32 Å². The van der Waals surface area contributed by atoms with Gasteiger partial charge in [-0.15, -0.1) is 0 Å². The van der Waals surface area contributed by atoms with Gasteiger partial charge in [0, 0.05) is 5.70 Å². The maximum absolute atomic E-state index is 10.8. The Balaban J connectivity index is 2.79. The van der Waals surface area contributed by atoms with E-state index in [1.807, 2.05) is 25.1 Å². The molecule has 0 heterocycles. The molecular weight excluding hydrogens is 198 g/mol. The highest BCUT2D eigenvalue weighted by molar-refractivity contribution is 6.33. The first-order chi connectivity index (χ1) is 6.59. The summed E-state index contributed by atoms with van der Waals surface area (Å²) in [5.74, 6) is 0.0158. The number of para-hydroxylation sites is 1. The Bertz CT molecular complexity index is 371. The number of benzene rings is 1. The van der Waals surface area contributed by atoms with Gasteiger partial charge >= 0.3 is 0 Å². The Morgan fingerprint density at radius 2 is 2.00 bits per heavy atom. The molecule has 1 rings (SSSR count). The normalized spacial score (nSPS) is 11.2. The summed E-state index contributed by atoms with van der Waals surface area (Å²) in [6, 6.07) is 7.40. The van der Waals surface area contributed by atoms with Crippen LogP contribution in [0.15, 0.2) is 36.0 Å². The molecule has 0 fully saturated rings. The first kappa shape index (κ1) is 10.8. The molecule has 0 spiro atoms. The van der Waals surface area contributed by atoms with Gasteiger partial charge in [-0.2, -0.15) is 0 Å². The standard InChI is InChI=1S/C11H12ClNO/c1-8(7-9(2)14)13-11-6-4-3-5-10(11)12/h3-7,13H,1-2H3/b8-7+. The van der Waals surface area contributed by atoms with E-state index >= 15 is 0 Å². The number of ketones is 1. The van der Waals surface area contributed by atoms with Crippen LogP contribution in [0.3, 0.4) is 0 Å².